The van der Waals surface area contributed by atoms with Gasteiger partial charge in [-0.25, -0.2) is 5.57 Å². The van der Waals surface area contributed by atoms with E-state index in [4.69, 9.17) is 0 Å². The first-order valence-corrected chi connectivity index (χ1v) is 8.58. The van der Waals surface area contributed by atoms with Crippen LogP contribution in [-0.4, -0.2) is 4.98 Å². The molecule has 1 aliphatic carbocycles. The summed E-state index contributed by atoms with van der Waals surface area (Å²) >= 11 is 0. The summed E-state index contributed by atoms with van der Waals surface area (Å²) in [5, 5.41) is 0. The molecule has 0 saturated heterocycles. The topological polar surface area (TPSA) is 15.8 Å². The fourth-order valence-corrected chi connectivity index (χ4v) is 2.91. The number of H-pyrrole nitrogens is 1. The molecule has 1 aliphatic rings. The third kappa shape index (κ3) is 7.69. The molecule has 1 aromatic rings. The molecule has 0 atom stereocenters. The second-order valence-corrected chi connectivity index (χ2v) is 9.33. The Morgan fingerprint density at radius 3 is 1.54 bits per heavy atom. The molecule has 1 N–H and O–H groups in total. The Bertz CT molecular complexity index is 595. The molecule has 1 nitrogen and oxygen atoms in total. The first-order chi connectivity index (χ1) is 10.2. The molecule has 4 heteroatoms. The van der Waals surface area contributed by atoms with Gasteiger partial charge in [0.15, 0.2) is 0 Å². The van der Waals surface area contributed by atoms with Crippen molar-refractivity contribution in [1.29, 1.82) is 0 Å². The van der Waals surface area contributed by atoms with Gasteiger partial charge in [-0.2, -0.15) is 16.7 Å². The summed E-state index contributed by atoms with van der Waals surface area (Å²) in [6, 6.07) is 0. The fourth-order valence-electron chi connectivity index (χ4n) is 2.91. The minimum atomic E-state index is 0. The van der Waals surface area contributed by atoms with E-state index in [1.807, 2.05) is 0 Å². The Morgan fingerprint density at radius 1 is 0.885 bits per heavy atom. The van der Waals surface area contributed by atoms with E-state index in [0.717, 1.165) is 0 Å². The van der Waals surface area contributed by atoms with Crippen LogP contribution in [0.2, 0.25) is 0 Å². The minimum Gasteiger partial charge on any atom is -1.00 e. The molecule has 0 fully saturated rings. The Labute approximate surface area is 193 Å². The van der Waals surface area contributed by atoms with Crippen LogP contribution in [-0.2, 0) is 37.0 Å². The maximum atomic E-state index is 3.44. The quantitative estimate of drug-likeness (QED) is 0.527. The number of halogens is 2. The second-order valence-electron chi connectivity index (χ2n) is 9.33. The Balaban J connectivity index is -0.000000374. The number of rotatable bonds is 0. The summed E-state index contributed by atoms with van der Waals surface area (Å²) < 4.78 is 0. The molecule has 0 spiro atoms. The fraction of sp³-hybridized carbons (Fsp3) is 0.636. The summed E-state index contributed by atoms with van der Waals surface area (Å²) in [5.41, 5.74) is 7.47. The second kappa shape index (κ2) is 10.7. The predicted octanol–water partition coefficient (Wildman–Crippen LogP) is 0.527. The van der Waals surface area contributed by atoms with Crippen molar-refractivity contribution in [1.82, 2.24) is 4.98 Å². The standard InChI is InChI=1S/C12H20N.C10H15.2ClH.Zr/c1-11(2,3)9-7-13-8-10(9)12(4,5)6;1-7-6-10(4,5)9(3)8(7)2;;;/h7,13H,1-6H3;1-5H3;2*1H;/q2*-1;;;+4/p-2. The maximum Gasteiger partial charge on any atom is 4.00 e. The van der Waals surface area contributed by atoms with Gasteiger partial charge in [0, 0.05) is 0 Å². The van der Waals surface area contributed by atoms with Gasteiger partial charge < -0.3 is 29.8 Å². The van der Waals surface area contributed by atoms with E-state index in [0.29, 0.717) is 0 Å². The van der Waals surface area contributed by atoms with Gasteiger partial charge in [-0.15, -0.1) is 24.9 Å². The van der Waals surface area contributed by atoms with Crippen molar-refractivity contribution in [2.75, 3.05) is 0 Å². The molecule has 26 heavy (non-hydrogen) atoms. The Kier molecular flexibility index (Phi) is 12.7. The molecule has 1 aromatic heterocycles. The van der Waals surface area contributed by atoms with Crippen LogP contribution in [0.15, 0.2) is 22.9 Å². The van der Waals surface area contributed by atoms with Crippen molar-refractivity contribution in [2.24, 2.45) is 5.41 Å². The maximum absolute atomic E-state index is 3.44. The largest absolute Gasteiger partial charge is 4.00 e. The molecule has 0 saturated carbocycles. The first kappa shape index (κ1) is 30.9. The van der Waals surface area contributed by atoms with Crippen molar-refractivity contribution >= 4 is 0 Å². The van der Waals surface area contributed by atoms with Gasteiger partial charge in [0.2, 0.25) is 0 Å². The van der Waals surface area contributed by atoms with Crippen LogP contribution in [0.5, 0.6) is 0 Å². The zero-order chi connectivity index (χ0) is 18.2. The van der Waals surface area contributed by atoms with E-state index >= 15 is 0 Å². The van der Waals surface area contributed by atoms with Gasteiger partial charge in [-0.05, 0) is 5.41 Å². The van der Waals surface area contributed by atoms with Gasteiger partial charge in [-0.3, -0.25) is 6.08 Å². The van der Waals surface area contributed by atoms with E-state index in [-0.39, 0.29) is 67.3 Å². The van der Waals surface area contributed by atoms with E-state index in [1.54, 1.807) is 0 Å². The number of aromatic nitrogens is 1. The van der Waals surface area contributed by atoms with Crippen molar-refractivity contribution in [3.63, 3.8) is 0 Å². The van der Waals surface area contributed by atoms with Crippen molar-refractivity contribution in [3.05, 3.63) is 46.3 Å². The van der Waals surface area contributed by atoms with Crippen LogP contribution in [0.25, 0.3) is 0 Å². The molecule has 1 heterocycles. The van der Waals surface area contributed by atoms with Crippen LogP contribution < -0.4 is 24.8 Å². The van der Waals surface area contributed by atoms with E-state index in [1.165, 1.54) is 27.8 Å². The molecule has 0 radical (unpaired) electrons. The number of hydrogen-bond donors (Lipinski definition) is 1. The zero-order valence-electron chi connectivity index (χ0n) is 18.3. The molecule has 0 amide bonds. The zero-order valence-corrected chi connectivity index (χ0v) is 22.3. The average Bonchev–Trinajstić information content (AvgIpc) is 2.91. The number of nitrogens with one attached hydrogen (secondary N) is 1. The summed E-state index contributed by atoms with van der Waals surface area (Å²) in [4.78, 5) is 3.09. The third-order valence-electron chi connectivity index (χ3n) is 4.80. The number of allylic oxidation sites excluding steroid dienone is 4. The van der Waals surface area contributed by atoms with Crippen LogP contribution in [0.3, 0.4) is 0 Å². The van der Waals surface area contributed by atoms with Crippen LogP contribution in [0, 0.1) is 17.7 Å². The smallest absolute Gasteiger partial charge is 1.00 e. The molecule has 2 rings (SSSR count). The van der Waals surface area contributed by atoms with E-state index in [9.17, 15) is 0 Å². The van der Waals surface area contributed by atoms with E-state index < -0.39 is 0 Å². The Hall–Kier alpha value is 0.223. The van der Waals surface area contributed by atoms with Gasteiger partial charge in [0.05, 0.1) is 0 Å². The van der Waals surface area contributed by atoms with Gasteiger partial charge in [-0.1, -0.05) is 80.1 Å². The monoisotopic (exact) mass is 473 g/mol. The molecule has 0 aliphatic heterocycles. The first-order valence-electron chi connectivity index (χ1n) is 8.58. The molecular weight excluding hydrogens is 440 g/mol. The Morgan fingerprint density at radius 2 is 1.35 bits per heavy atom. The van der Waals surface area contributed by atoms with Gasteiger partial charge >= 0.3 is 26.2 Å². The number of hydrogen-bond acceptors (Lipinski definition) is 0. The summed E-state index contributed by atoms with van der Waals surface area (Å²) in [5.74, 6) is 0. The molecule has 0 bridgehead atoms. The molecule has 0 unspecified atom stereocenters. The van der Waals surface area contributed by atoms with Crippen LogP contribution >= 0.6 is 0 Å². The summed E-state index contributed by atoms with van der Waals surface area (Å²) in [6.07, 6.45) is 8.73. The van der Waals surface area contributed by atoms with E-state index in [2.05, 4.69) is 99.6 Å². The predicted molar refractivity (Wildman–Crippen MR) is 102 cm³/mol. The summed E-state index contributed by atoms with van der Waals surface area (Å²) in [6.45, 7) is 24.3. The van der Waals surface area contributed by atoms with Gasteiger partial charge in [0.25, 0.3) is 0 Å². The molecule has 146 valence electrons. The normalized spacial score (nSPS) is 15.7. The number of aromatic amines is 1. The van der Waals surface area contributed by atoms with Crippen LogP contribution in [0.1, 0.15) is 87.3 Å². The van der Waals surface area contributed by atoms with Crippen LogP contribution in [0.4, 0.5) is 0 Å². The molecule has 0 aromatic carbocycles. The minimum absolute atomic E-state index is 0. The summed E-state index contributed by atoms with van der Waals surface area (Å²) in [7, 11) is 0. The molecular formula is C22H35Cl2NZr. The van der Waals surface area contributed by atoms with Gasteiger partial charge in [0.1, 0.15) is 0 Å². The van der Waals surface area contributed by atoms with Crippen molar-refractivity contribution in [2.45, 2.75) is 87.0 Å². The third-order valence-corrected chi connectivity index (χ3v) is 4.80. The SMILES string of the molecule is CC(C)(C)c1[c-][nH]cc1C(C)(C)C.CC1=[C-]C(C)(C)C(C)=C1C.[Cl-].[Cl-].[Zr+4]. The van der Waals surface area contributed by atoms with Crippen molar-refractivity contribution < 1.29 is 51.0 Å². The average molecular weight is 476 g/mol. The van der Waals surface area contributed by atoms with Crippen molar-refractivity contribution in [3.8, 4) is 0 Å².